The first-order chi connectivity index (χ1) is 10.6. The average Bonchev–Trinajstić information content (AvgIpc) is 2.52. The molecule has 112 valence electrons. The summed E-state index contributed by atoms with van der Waals surface area (Å²) < 4.78 is 0.860. The molecule has 0 aliphatic rings. The van der Waals surface area contributed by atoms with E-state index in [2.05, 4.69) is 15.9 Å². The quantitative estimate of drug-likeness (QED) is 0.830. The number of carbonyl (C=O) groups is 2. The number of amides is 1. The minimum absolute atomic E-state index is 0.381. The lowest BCUT2D eigenvalue weighted by Crippen LogP contribution is -2.34. The summed E-state index contributed by atoms with van der Waals surface area (Å²) in [6.45, 7) is -0.389. The van der Waals surface area contributed by atoms with Crippen molar-refractivity contribution in [1.82, 2.24) is 0 Å². The van der Waals surface area contributed by atoms with Gasteiger partial charge < -0.3 is 5.11 Å². The Hall–Kier alpha value is -2.40. The van der Waals surface area contributed by atoms with E-state index < -0.39 is 5.97 Å². The van der Waals surface area contributed by atoms with Crippen molar-refractivity contribution in [2.45, 2.75) is 0 Å². The molecule has 0 aromatic heterocycles. The zero-order chi connectivity index (χ0) is 15.9. The topological polar surface area (TPSA) is 57.6 Å². The first kappa shape index (κ1) is 16.0. The van der Waals surface area contributed by atoms with Crippen LogP contribution in [-0.2, 0) is 9.59 Å². The maximum Gasteiger partial charge on any atom is 0.323 e. The number of benzene rings is 2. The summed E-state index contributed by atoms with van der Waals surface area (Å²) in [5.41, 5.74) is 1.41. The first-order valence-electron chi connectivity index (χ1n) is 6.58. The SMILES string of the molecule is O=C(O)CN(C(=O)/C=C/c1ccccc1)c1ccc(Br)cc1. The van der Waals surface area contributed by atoms with E-state index in [1.165, 1.54) is 11.0 Å². The predicted octanol–water partition coefficient (Wildman–Crippen LogP) is 3.58. The van der Waals surface area contributed by atoms with Crippen LogP contribution in [0, 0.1) is 0 Å². The molecular weight excluding hydrogens is 346 g/mol. The number of rotatable bonds is 5. The fourth-order valence-corrected chi connectivity index (χ4v) is 2.14. The Morgan fingerprint density at radius 2 is 1.68 bits per heavy atom. The van der Waals surface area contributed by atoms with Gasteiger partial charge in [-0.25, -0.2) is 0 Å². The molecule has 0 radical (unpaired) electrons. The molecule has 5 heteroatoms. The third-order valence-corrected chi connectivity index (χ3v) is 3.44. The summed E-state index contributed by atoms with van der Waals surface area (Å²) in [5.74, 6) is -1.45. The molecule has 2 aromatic carbocycles. The van der Waals surface area contributed by atoms with Gasteiger partial charge in [-0.1, -0.05) is 46.3 Å². The normalized spacial score (nSPS) is 10.6. The lowest BCUT2D eigenvalue weighted by Gasteiger charge is -2.19. The highest BCUT2D eigenvalue weighted by atomic mass is 79.9. The van der Waals surface area contributed by atoms with Crippen LogP contribution in [0.5, 0.6) is 0 Å². The fraction of sp³-hybridized carbons (Fsp3) is 0.0588. The standard InChI is InChI=1S/C17H14BrNO3/c18-14-7-9-15(10-8-14)19(12-17(21)22)16(20)11-6-13-4-2-1-3-5-13/h1-11H,12H2,(H,21,22)/b11-6+. The van der Waals surface area contributed by atoms with Crippen LogP contribution in [0.3, 0.4) is 0 Å². The highest BCUT2D eigenvalue weighted by molar-refractivity contribution is 9.10. The molecule has 1 N–H and O–H groups in total. The Labute approximate surface area is 136 Å². The summed E-state index contributed by atoms with van der Waals surface area (Å²) in [5, 5.41) is 9.01. The van der Waals surface area contributed by atoms with Crippen molar-refractivity contribution in [3.63, 3.8) is 0 Å². The van der Waals surface area contributed by atoms with E-state index >= 15 is 0 Å². The highest BCUT2D eigenvalue weighted by Crippen LogP contribution is 2.19. The second-order valence-corrected chi connectivity index (χ2v) is 5.45. The number of hydrogen-bond acceptors (Lipinski definition) is 2. The second kappa shape index (κ2) is 7.56. The number of aliphatic carboxylic acids is 1. The Kier molecular flexibility index (Phi) is 5.49. The number of carboxylic acid groups (broad SMARTS) is 1. The Morgan fingerprint density at radius 1 is 1.05 bits per heavy atom. The van der Waals surface area contributed by atoms with Gasteiger partial charge in [0.2, 0.25) is 0 Å². The molecule has 0 heterocycles. The van der Waals surface area contributed by atoms with Crippen LogP contribution in [0.4, 0.5) is 5.69 Å². The van der Waals surface area contributed by atoms with Crippen LogP contribution < -0.4 is 4.90 Å². The molecule has 0 aliphatic carbocycles. The molecule has 22 heavy (non-hydrogen) atoms. The van der Waals surface area contributed by atoms with Crippen molar-refractivity contribution in [1.29, 1.82) is 0 Å². The summed E-state index contributed by atoms with van der Waals surface area (Å²) in [6.07, 6.45) is 3.04. The summed E-state index contributed by atoms with van der Waals surface area (Å²) in [7, 11) is 0. The van der Waals surface area contributed by atoms with Crippen molar-refractivity contribution in [2.24, 2.45) is 0 Å². The van der Waals surface area contributed by atoms with Crippen LogP contribution in [0.15, 0.2) is 65.1 Å². The first-order valence-corrected chi connectivity index (χ1v) is 7.37. The van der Waals surface area contributed by atoms with Gasteiger partial charge in [0.1, 0.15) is 6.54 Å². The van der Waals surface area contributed by atoms with Gasteiger partial charge in [-0.15, -0.1) is 0 Å². The monoisotopic (exact) mass is 359 g/mol. The minimum atomic E-state index is -1.07. The van der Waals surface area contributed by atoms with Crippen LogP contribution >= 0.6 is 15.9 Å². The number of hydrogen-bond donors (Lipinski definition) is 1. The van der Waals surface area contributed by atoms with Crippen LogP contribution in [0.1, 0.15) is 5.56 Å². The van der Waals surface area contributed by atoms with E-state index in [-0.39, 0.29) is 12.5 Å². The molecular formula is C17H14BrNO3. The smallest absolute Gasteiger partial charge is 0.323 e. The summed E-state index contributed by atoms with van der Waals surface area (Å²) in [6, 6.07) is 16.3. The van der Waals surface area contributed by atoms with Crippen molar-refractivity contribution in [3.05, 3.63) is 70.7 Å². The van der Waals surface area contributed by atoms with Crippen LogP contribution in [-0.4, -0.2) is 23.5 Å². The van der Waals surface area contributed by atoms with Gasteiger partial charge in [-0.05, 0) is 35.9 Å². The van der Waals surface area contributed by atoms with E-state index in [0.717, 1.165) is 10.0 Å². The predicted molar refractivity (Wildman–Crippen MR) is 89.6 cm³/mol. The van der Waals surface area contributed by atoms with Gasteiger partial charge in [-0.3, -0.25) is 14.5 Å². The molecule has 0 spiro atoms. The van der Waals surface area contributed by atoms with E-state index in [9.17, 15) is 9.59 Å². The molecule has 1 amide bonds. The summed E-state index contributed by atoms with van der Waals surface area (Å²) in [4.78, 5) is 24.5. The van der Waals surface area contributed by atoms with Crippen molar-refractivity contribution < 1.29 is 14.7 Å². The average molecular weight is 360 g/mol. The molecule has 2 aromatic rings. The maximum atomic E-state index is 12.3. The maximum absolute atomic E-state index is 12.3. The van der Waals surface area contributed by atoms with E-state index in [1.807, 2.05) is 30.3 Å². The highest BCUT2D eigenvalue weighted by Gasteiger charge is 2.16. The second-order valence-electron chi connectivity index (χ2n) is 4.54. The van der Waals surface area contributed by atoms with Gasteiger partial charge in [-0.2, -0.15) is 0 Å². The lowest BCUT2D eigenvalue weighted by atomic mass is 10.2. The van der Waals surface area contributed by atoms with E-state index in [4.69, 9.17) is 5.11 Å². The van der Waals surface area contributed by atoms with Crippen molar-refractivity contribution in [3.8, 4) is 0 Å². The van der Waals surface area contributed by atoms with Gasteiger partial charge >= 0.3 is 5.97 Å². The van der Waals surface area contributed by atoms with Gasteiger partial charge in [0.15, 0.2) is 0 Å². The largest absolute Gasteiger partial charge is 0.480 e. The third kappa shape index (κ3) is 4.56. The van der Waals surface area contributed by atoms with Crippen molar-refractivity contribution >= 4 is 39.6 Å². The van der Waals surface area contributed by atoms with Gasteiger partial charge in [0, 0.05) is 16.2 Å². The van der Waals surface area contributed by atoms with Crippen molar-refractivity contribution in [2.75, 3.05) is 11.4 Å². The molecule has 0 atom stereocenters. The van der Waals surface area contributed by atoms with Crippen LogP contribution in [0.2, 0.25) is 0 Å². The number of nitrogens with zero attached hydrogens (tertiary/aromatic N) is 1. The zero-order valence-electron chi connectivity index (χ0n) is 11.6. The molecule has 0 saturated heterocycles. The Morgan fingerprint density at radius 3 is 2.27 bits per heavy atom. The zero-order valence-corrected chi connectivity index (χ0v) is 13.2. The summed E-state index contributed by atoms with van der Waals surface area (Å²) >= 11 is 3.31. The molecule has 0 fully saturated rings. The van der Waals surface area contributed by atoms with Gasteiger partial charge in [0.05, 0.1) is 0 Å². The number of carboxylic acids is 1. The third-order valence-electron chi connectivity index (χ3n) is 2.92. The number of anilines is 1. The molecule has 0 saturated carbocycles. The van der Waals surface area contributed by atoms with E-state index in [1.54, 1.807) is 30.3 Å². The Balaban J connectivity index is 2.21. The Bertz CT molecular complexity index is 681. The molecule has 4 nitrogen and oxygen atoms in total. The minimum Gasteiger partial charge on any atom is -0.480 e. The van der Waals surface area contributed by atoms with E-state index in [0.29, 0.717) is 5.69 Å². The molecule has 0 bridgehead atoms. The molecule has 0 aliphatic heterocycles. The lowest BCUT2D eigenvalue weighted by molar-refractivity contribution is -0.136. The molecule has 2 rings (SSSR count). The molecule has 0 unspecified atom stereocenters. The number of carbonyl (C=O) groups excluding carboxylic acids is 1. The fourth-order valence-electron chi connectivity index (χ4n) is 1.87. The van der Waals surface area contributed by atoms with Gasteiger partial charge in [0.25, 0.3) is 5.91 Å². The van der Waals surface area contributed by atoms with Crippen LogP contribution in [0.25, 0.3) is 6.08 Å². The number of halogens is 1.